The fourth-order valence-electron chi connectivity index (χ4n) is 8.59. The molecule has 0 saturated carbocycles. The molecule has 0 saturated heterocycles. The van der Waals surface area contributed by atoms with Gasteiger partial charge in [0.25, 0.3) is 0 Å². The second-order valence-corrected chi connectivity index (χ2v) is 27.6. The molecular formula is C55H56O6P2S3. The fourth-order valence-corrected chi connectivity index (χ4v) is 17.7. The number of hydrogen-bond donors (Lipinski definition) is 0. The summed E-state index contributed by atoms with van der Waals surface area (Å²) in [7, 11) is -7.62. The highest BCUT2D eigenvalue weighted by molar-refractivity contribution is 8.48. The lowest BCUT2D eigenvalue weighted by Crippen LogP contribution is -2.34. The topological polar surface area (TPSA) is 102 Å². The second kappa shape index (κ2) is 20.2. The minimum atomic E-state index is -3.81. The first-order valence-electron chi connectivity index (χ1n) is 21.8. The molecule has 0 spiro atoms. The highest BCUT2D eigenvalue weighted by Crippen LogP contribution is 2.50. The molecule has 340 valence electrons. The van der Waals surface area contributed by atoms with Crippen molar-refractivity contribution in [2.75, 3.05) is 0 Å². The molecule has 0 aliphatic rings. The van der Waals surface area contributed by atoms with E-state index in [1.807, 2.05) is 106 Å². The summed E-state index contributed by atoms with van der Waals surface area (Å²) in [5, 5.41) is 1.78. The first-order chi connectivity index (χ1) is 31.0. The van der Waals surface area contributed by atoms with Gasteiger partial charge >= 0.3 is 0 Å². The first-order valence-corrected chi connectivity index (χ1v) is 27.2. The van der Waals surface area contributed by atoms with Crippen molar-refractivity contribution in [1.29, 1.82) is 0 Å². The maximum atomic E-state index is 15.1. The van der Waals surface area contributed by atoms with Crippen LogP contribution in [0.1, 0.15) is 92.9 Å². The van der Waals surface area contributed by atoms with Crippen molar-refractivity contribution in [2.24, 2.45) is 0 Å². The molecule has 0 bridgehead atoms. The maximum absolute atomic E-state index is 15.1. The molecule has 0 heterocycles. The van der Waals surface area contributed by atoms with Crippen LogP contribution in [0.5, 0.6) is 0 Å². The van der Waals surface area contributed by atoms with Gasteiger partial charge < -0.3 is 9.13 Å². The van der Waals surface area contributed by atoms with Gasteiger partial charge in [-0.05, 0) is 114 Å². The lowest BCUT2D eigenvalue weighted by Gasteiger charge is -2.28. The van der Waals surface area contributed by atoms with E-state index >= 15 is 9.13 Å². The average Bonchev–Trinajstić information content (AvgIpc) is 3.28. The highest BCUT2D eigenvalue weighted by Gasteiger charge is 2.41. The van der Waals surface area contributed by atoms with E-state index in [4.69, 9.17) is 12.2 Å². The van der Waals surface area contributed by atoms with Crippen molar-refractivity contribution in [3.8, 4) is 0 Å². The quantitative estimate of drug-likeness (QED) is 0.0693. The number of carbonyl (C=O) groups is 4. The maximum Gasteiger partial charge on any atom is 0.230 e. The van der Waals surface area contributed by atoms with Crippen molar-refractivity contribution in [3.05, 3.63) is 189 Å². The Kier molecular flexibility index (Phi) is 15.5. The van der Waals surface area contributed by atoms with Crippen LogP contribution in [0.4, 0.5) is 0 Å². The van der Waals surface area contributed by atoms with Crippen molar-refractivity contribution in [2.45, 2.75) is 91.6 Å². The van der Waals surface area contributed by atoms with Gasteiger partial charge in [0, 0.05) is 45.2 Å². The third-order valence-corrected chi connectivity index (χ3v) is 20.9. The number of aryl methyl sites for hydroxylation is 4. The minimum Gasteiger partial charge on any atom is -0.305 e. The van der Waals surface area contributed by atoms with E-state index in [1.54, 1.807) is 97.1 Å². The van der Waals surface area contributed by atoms with E-state index in [0.29, 0.717) is 69.3 Å². The molecule has 0 unspecified atom stereocenters. The zero-order valence-electron chi connectivity index (χ0n) is 39.2. The van der Waals surface area contributed by atoms with E-state index in [9.17, 15) is 19.2 Å². The number of thioether (sulfide) groups is 2. The van der Waals surface area contributed by atoms with Crippen LogP contribution in [-0.2, 0) is 31.6 Å². The molecule has 6 aromatic rings. The molecule has 0 atom stereocenters. The van der Waals surface area contributed by atoms with Crippen molar-refractivity contribution >= 4 is 97.4 Å². The number of Topliss-reactive ketones (excluding diaryl/α,β-unsaturated/α-hetero) is 2. The Morgan fingerprint density at radius 2 is 0.712 bits per heavy atom. The first kappa shape index (κ1) is 50.7. The van der Waals surface area contributed by atoms with Crippen LogP contribution in [0, 0.1) is 41.5 Å². The van der Waals surface area contributed by atoms with Crippen LogP contribution in [-0.4, -0.2) is 35.6 Å². The van der Waals surface area contributed by atoms with Crippen LogP contribution in [0.15, 0.2) is 133 Å². The largest absolute Gasteiger partial charge is 0.305 e. The van der Waals surface area contributed by atoms with E-state index in [0.717, 1.165) is 11.1 Å². The molecule has 0 aliphatic heterocycles. The second-order valence-electron chi connectivity index (χ2n) is 17.8. The third kappa shape index (κ3) is 10.1. The van der Waals surface area contributed by atoms with E-state index < -0.39 is 34.8 Å². The molecular weight excluding hydrogens is 915 g/mol. The third-order valence-electron chi connectivity index (χ3n) is 12.4. The number of benzene rings is 6. The number of hydrogen-bond acceptors (Lipinski definition) is 9. The predicted molar refractivity (Wildman–Crippen MR) is 283 cm³/mol. The summed E-state index contributed by atoms with van der Waals surface area (Å²) in [5.74, 6) is -0.234. The summed E-state index contributed by atoms with van der Waals surface area (Å²) < 4.78 is 28.7. The Balaban J connectivity index is 1.21. The summed E-state index contributed by atoms with van der Waals surface area (Å²) in [4.78, 5) is 58.1. The molecule has 0 N–H and O–H groups in total. The highest BCUT2D eigenvalue weighted by atomic mass is 32.2. The smallest absolute Gasteiger partial charge is 0.230 e. The van der Waals surface area contributed by atoms with Gasteiger partial charge in [0.1, 0.15) is 3.53 Å². The van der Waals surface area contributed by atoms with E-state index in [-0.39, 0.29) is 24.4 Å². The molecule has 0 radical (unpaired) electrons. The SMILES string of the molecule is Cc1cc(C)c(C(=O)P(=O)(c2ccccc2)c2ccccc2)c(C)c1CC(=O)C(C)(C)SC(=S)SC(C)(C)C(=O)Cc1c(C)cc(C)c(C(=O)P(=O)(c2ccccc2)c2ccccc2)c1C. The standard InChI is InChI=1S/C55H56O6P2S3/c1-35-31-37(3)49(51(58)62(60,41-23-15-11-16-24-41)42-25-17-12-18-26-42)39(5)45(35)33-47(56)54(7,8)65-53(64)66-55(9,10)48(57)34-46-36(2)32-38(4)50(40(46)6)52(59)63(61,43-27-19-13-20-28-43)44-29-21-14-22-30-44/h11-32H,33-34H2,1-10H3. The normalized spacial score (nSPS) is 12.2. The molecule has 66 heavy (non-hydrogen) atoms. The summed E-state index contributed by atoms with van der Waals surface area (Å²) in [5.41, 5.74) is 5.50. The zero-order chi connectivity index (χ0) is 48.4. The lowest BCUT2D eigenvalue weighted by molar-refractivity contribution is -0.120. The van der Waals surface area contributed by atoms with Crippen LogP contribution in [0.2, 0.25) is 0 Å². The Bertz CT molecular complexity index is 2680. The number of ketones is 2. The summed E-state index contributed by atoms with van der Waals surface area (Å²) in [6, 6.07) is 39.2. The molecule has 11 heteroatoms. The van der Waals surface area contributed by atoms with Gasteiger partial charge in [0.2, 0.25) is 25.3 Å². The van der Waals surface area contributed by atoms with Gasteiger partial charge in [-0.1, -0.05) is 169 Å². The van der Waals surface area contributed by atoms with Gasteiger partial charge in [-0.15, -0.1) is 0 Å². The monoisotopic (exact) mass is 970 g/mol. The number of carbonyl (C=O) groups excluding carboxylic acids is 4. The minimum absolute atomic E-state index is 0.0172. The predicted octanol–water partition coefficient (Wildman–Crippen LogP) is 12.1. The van der Waals surface area contributed by atoms with E-state index in [1.165, 1.54) is 23.5 Å². The number of rotatable bonds is 16. The van der Waals surface area contributed by atoms with Crippen LogP contribution < -0.4 is 21.2 Å². The van der Waals surface area contributed by atoms with Gasteiger partial charge in [0.15, 0.2) is 11.6 Å². The molecule has 0 amide bonds. The molecule has 0 fully saturated rings. The Morgan fingerprint density at radius 1 is 0.455 bits per heavy atom. The van der Waals surface area contributed by atoms with Crippen molar-refractivity contribution in [1.82, 2.24) is 0 Å². The zero-order valence-corrected chi connectivity index (χ0v) is 43.4. The van der Waals surface area contributed by atoms with Gasteiger partial charge in [-0.3, -0.25) is 19.2 Å². The van der Waals surface area contributed by atoms with Crippen molar-refractivity contribution in [3.63, 3.8) is 0 Å². The molecule has 6 nitrogen and oxygen atoms in total. The van der Waals surface area contributed by atoms with E-state index in [2.05, 4.69) is 0 Å². The van der Waals surface area contributed by atoms with Gasteiger partial charge in [-0.2, -0.15) is 0 Å². The number of thiocarbonyl (C=S) groups is 1. The Hall–Kier alpha value is -4.75. The van der Waals surface area contributed by atoms with Gasteiger partial charge in [0.05, 0.1) is 9.49 Å². The Labute approximate surface area is 403 Å². The molecule has 0 aromatic heterocycles. The lowest BCUT2D eigenvalue weighted by atomic mass is 9.89. The molecule has 0 aliphatic carbocycles. The fraction of sp³-hybridized carbons (Fsp3) is 0.255. The van der Waals surface area contributed by atoms with Gasteiger partial charge in [-0.25, -0.2) is 0 Å². The molecule has 6 rings (SSSR count). The Morgan fingerprint density at radius 3 is 0.970 bits per heavy atom. The van der Waals surface area contributed by atoms with Crippen LogP contribution in [0.25, 0.3) is 0 Å². The summed E-state index contributed by atoms with van der Waals surface area (Å²) >= 11 is 8.35. The summed E-state index contributed by atoms with van der Waals surface area (Å²) in [6.07, 6.45) is 0.0344. The summed E-state index contributed by atoms with van der Waals surface area (Å²) in [6.45, 7) is 18.4. The van der Waals surface area contributed by atoms with Crippen LogP contribution >= 0.6 is 50.0 Å². The van der Waals surface area contributed by atoms with Crippen LogP contribution in [0.3, 0.4) is 0 Å². The average molecular weight is 971 g/mol. The molecule has 6 aromatic carbocycles. The van der Waals surface area contributed by atoms with Crippen molar-refractivity contribution < 1.29 is 28.3 Å².